The molecule has 6 nitrogen and oxygen atoms in total. The minimum absolute atomic E-state index is 0.0646. The zero-order chi connectivity index (χ0) is 14.5. The number of hydrogen-bond donors (Lipinski definition) is 1. The van der Waals surface area contributed by atoms with Gasteiger partial charge in [-0.15, -0.1) is 0 Å². The van der Waals surface area contributed by atoms with Crippen molar-refractivity contribution in [1.29, 1.82) is 0 Å². The molecule has 2 rings (SSSR count). The van der Waals surface area contributed by atoms with Crippen molar-refractivity contribution in [1.82, 2.24) is 4.98 Å². The summed E-state index contributed by atoms with van der Waals surface area (Å²) < 4.78 is 5.05. The summed E-state index contributed by atoms with van der Waals surface area (Å²) in [6.07, 6.45) is 0. The number of anilines is 2. The maximum absolute atomic E-state index is 10.8. The summed E-state index contributed by atoms with van der Waals surface area (Å²) in [7, 11) is 1.61. The maximum atomic E-state index is 10.8. The highest BCUT2D eigenvalue weighted by Gasteiger charge is 2.10. The molecule has 7 heteroatoms. The van der Waals surface area contributed by atoms with Gasteiger partial charge in [-0.3, -0.25) is 10.1 Å². The predicted octanol–water partition coefficient (Wildman–Crippen LogP) is 3.53. The smallest absolute Gasteiger partial charge is 0.276 e. The molecule has 1 aromatic heterocycles. The standard InChI is InChI=1S/C13H12ClN3O3/c1-20-8-9-3-2-4-10(5-9)15-13-7-11(17(18)19)6-12(14)16-13/h2-7H,8H2,1H3,(H,15,16). The van der Waals surface area contributed by atoms with Gasteiger partial charge < -0.3 is 10.1 Å². The van der Waals surface area contributed by atoms with E-state index in [-0.39, 0.29) is 10.8 Å². The van der Waals surface area contributed by atoms with Gasteiger partial charge in [0.2, 0.25) is 0 Å². The summed E-state index contributed by atoms with van der Waals surface area (Å²) in [6.45, 7) is 0.485. The molecular formula is C13H12ClN3O3. The van der Waals surface area contributed by atoms with Gasteiger partial charge in [0.05, 0.1) is 23.7 Å². The molecule has 20 heavy (non-hydrogen) atoms. The molecule has 0 aliphatic heterocycles. The Hall–Kier alpha value is -2.18. The molecule has 0 amide bonds. The first-order chi connectivity index (χ1) is 9.58. The van der Waals surface area contributed by atoms with E-state index in [0.717, 1.165) is 11.3 Å². The van der Waals surface area contributed by atoms with E-state index in [1.807, 2.05) is 24.3 Å². The molecule has 104 valence electrons. The quantitative estimate of drug-likeness (QED) is 0.518. The Bertz CT molecular complexity index is 634. The molecule has 0 atom stereocenters. The number of nitrogens with zero attached hydrogens (tertiary/aromatic N) is 2. The van der Waals surface area contributed by atoms with E-state index < -0.39 is 4.92 Å². The number of aromatic nitrogens is 1. The highest BCUT2D eigenvalue weighted by molar-refractivity contribution is 6.29. The fraction of sp³-hybridized carbons (Fsp3) is 0.154. The van der Waals surface area contributed by atoms with E-state index in [1.165, 1.54) is 12.1 Å². The second-order valence-corrected chi connectivity index (χ2v) is 4.44. The predicted molar refractivity (Wildman–Crippen MR) is 76.3 cm³/mol. The molecule has 0 saturated carbocycles. The van der Waals surface area contributed by atoms with Crippen LogP contribution in [0, 0.1) is 10.1 Å². The van der Waals surface area contributed by atoms with Crippen LogP contribution in [0.5, 0.6) is 0 Å². The Morgan fingerprint density at radius 3 is 2.90 bits per heavy atom. The molecular weight excluding hydrogens is 282 g/mol. The maximum Gasteiger partial charge on any atom is 0.276 e. The van der Waals surface area contributed by atoms with Crippen LogP contribution in [0.15, 0.2) is 36.4 Å². The highest BCUT2D eigenvalue weighted by Crippen LogP contribution is 2.23. The van der Waals surface area contributed by atoms with Crippen molar-refractivity contribution in [2.24, 2.45) is 0 Å². The summed E-state index contributed by atoms with van der Waals surface area (Å²) in [5.41, 5.74) is 1.62. The van der Waals surface area contributed by atoms with Crippen molar-refractivity contribution in [2.45, 2.75) is 6.61 Å². The van der Waals surface area contributed by atoms with Crippen LogP contribution in [-0.2, 0) is 11.3 Å². The lowest BCUT2D eigenvalue weighted by Crippen LogP contribution is -1.97. The minimum atomic E-state index is -0.514. The molecule has 0 aliphatic carbocycles. The monoisotopic (exact) mass is 293 g/mol. The molecule has 1 heterocycles. The van der Waals surface area contributed by atoms with Gasteiger partial charge in [0, 0.05) is 12.8 Å². The Morgan fingerprint density at radius 2 is 2.20 bits per heavy atom. The Balaban J connectivity index is 2.25. The number of hydrogen-bond acceptors (Lipinski definition) is 5. The molecule has 1 N–H and O–H groups in total. The molecule has 0 aliphatic rings. The number of rotatable bonds is 5. The fourth-order valence-electron chi connectivity index (χ4n) is 1.71. The Morgan fingerprint density at radius 1 is 1.40 bits per heavy atom. The van der Waals surface area contributed by atoms with Gasteiger partial charge in [-0.05, 0) is 17.7 Å². The van der Waals surface area contributed by atoms with Crippen molar-refractivity contribution >= 4 is 28.8 Å². The number of methoxy groups -OCH3 is 1. The van der Waals surface area contributed by atoms with Gasteiger partial charge in [0.1, 0.15) is 11.0 Å². The van der Waals surface area contributed by atoms with Crippen LogP contribution in [0.1, 0.15) is 5.56 Å². The zero-order valence-electron chi connectivity index (χ0n) is 10.7. The van der Waals surface area contributed by atoms with Gasteiger partial charge >= 0.3 is 0 Å². The van der Waals surface area contributed by atoms with Crippen molar-refractivity contribution < 1.29 is 9.66 Å². The summed E-state index contributed by atoms with van der Waals surface area (Å²) in [5.74, 6) is 0.318. The van der Waals surface area contributed by atoms with Crippen molar-refractivity contribution in [3.63, 3.8) is 0 Å². The van der Waals surface area contributed by atoms with Crippen molar-refractivity contribution in [2.75, 3.05) is 12.4 Å². The molecule has 0 fully saturated rings. The molecule has 0 saturated heterocycles. The van der Waals surface area contributed by atoms with Crippen LogP contribution in [0.4, 0.5) is 17.2 Å². The number of pyridine rings is 1. The number of benzene rings is 1. The van der Waals surface area contributed by atoms with Gasteiger partial charge in [-0.1, -0.05) is 23.7 Å². The second-order valence-electron chi connectivity index (χ2n) is 4.05. The summed E-state index contributed by atoms with van der Waals surface area (Å²) in [5, 5.41) is 13.8. The third-order valence-corrected chi connectivity index (χ3v) is 2.69. The molecule has 0 unspecified atom stereocenters. The van der Waals surface area contributed by atoms with Crippen molar-refractivity contribution in [3.05, 3.63) is 57.2 Å². The largest absolute Gasteiger partial charge is 0.380 e. The zero-order valence-corrected chi connectivity index (χ0v) is 11.4. The molecule has 0 bridgehead atoms. The third kappa shape index (κ3) is 3.66. The second kappa shape index (κ2) is 6.31. The molecule has 1 aromatic carbocycles. The van der Waals surface area contributed by atoms with E-state index in [0.29, 0.717) is 12.4 Å². The average Bonchev–Trinajstić information content (AvgIpc) is 2.38. The van der Waals surface area contributed by atoms with Gasteiger partial charge in [-0.2, -0.15) is 0 Å². The van der Waals surface area contributed by atoms with Crippen LogP contribution in [0.2, 0.25) is 5.15 Å². The normalized spacial score (nSPS) is 10.3. The van der Waals surface area contributed by atoms with E-state index in [1.54, 1.807) is 7.11 Å². The lowest BCUT2D eigenvalue weighted by molar-refractivity contribution is -0.384. The number of ether oxygens (including phenoxy) is 1. The average molecular weight is 294 g/mol. The topological polar surface area (TPSA) is 77.3 Å². The number of nitrogens with one attached hydrogen (secondary N) is 1. The first-order valence-corrected chi connectivity index (χ1v) is 6.13. The Labute approximate surface area is 120 Å². The molecule has 0 spiro atoms. The first-order valence-electron chi connectivity index (χ1n) is 5.75. The number of nitro groups is 1. The summed E-state index contributed by atoms with van der Waals surface area (Å²) >= 11 is 5.77. The lowest BCUT2D eigenvalue weighted by Gasteiger charge is -2.07. The van der Waals surface area contributed by atoms with Crippen LogP contribution in [-0.4, -0.2) is 17.0 Å². The van der Waals surface area contributed by atoms with Crippen molar-refractivity contribution in [3.8, 4) is 0 Å². The van der Waals surface area contributed by atoms with Crippen LogP contribution >= 0.6 is 11.6 Å². The van der Waals surface area contributed by atoms with Crippen LogP contribution < -0.4 is 5.32 Å². The SMILES string of the molecule is COCc1cccc(Nc2cc([N+](=O)[O-])cc(Cl)n2)c1. The van der Waals surface area contributed by atoms with E-state index in [9.17, 15) is 10.1 Å². The van der Waals surface area contributed by atoms with Gasteiger partial charge in [0.15, 0.2) is 0 Å². The van der Waals surface area contributed by atoms with Crippen LogP contribution in [0.25, 0.3) is 0 Å². The summed E-state index contributed by atoms with van der Waals surface area (Å²) in [4.78, 5) is 14.3. The van der Waals surface area contributed by atoms with Gasteiger partial charge in [0.25, 0.3) is 5.69 Å². The van der Waals surface area contributed by atoms with Gasteiger partial charge in [-0.25, -0.2) is 4.98 Å². The number of halogens is 1. The molecule has 2 aromatic rings. The van der Waals surface area contributed by atoms with E-state index in [4.69, 9.17) is 16.3 Å². The highest BCUT2D eigenvalue weighted by atomic mass is 35.5. The lowest BCUT2D eigenvalue weighted by atomic mass is 10.2. The Kier molecular flexibility index (Phi) is 4.49. The van der Waals surface area contributed by atoms with E-state index >= 15 is 0 Å². The first kappa shape index (κ1) is 14.2. The van der Waals surface area contributed by atoms with Crippen LogP contribution in [0.3, 0.4) is 0 Å². The third-order valence-electron chi connectivity index (χ3n) is 2.50. The van der Waals surface area contributed by atoms with E-state index in [2.05, 4.69) is 10.3 Å². The minimum Gasteiger partial charge on any atom is -0.380 e. The summed E-state index contributed by atoms with van der Waals surface area (Å²) in [6, 6.07) is 10.0. The molecule has 0 radical (unpaired) electrons. The fourth-order valence-corrected chi connectivity index (χ4v) is 1.91.